The van der Waals surface area contributed by atoms with Crippen LogP contribution in [0.1, 0.15) is 89.9 Å². The molecule has 4 atom stereocenters. The molecule has 2 saturated heterocycles. The van der Waals surface area contributed by atoms with Crippen LogP contribution < -0.4 is 0 Å². The van der Waals surface area contributed by atoms with Crippen LogP contribution in [0.2, 0.25) is 0 Å². The van der Waals surface area contributed by atoms with Gasteiger partial charge in [0.05, 0.1) is 0 Å². The monoisotopic (exact) mass is 510 g/mol. The summed E-state index contributed by atoms with van der Waals surface area (Å²) in [6.45, 7) is 1.68. The summed E-state index contributed by atoms with van der Waals surface area (Å²) in [6, 6.07) is 0. The van der Waals surface area contributed by atoms with Gasteiger partial charge in [-0.05, 0) is 51.4 Å². The standard InChI is InChI=1S/C22H40Br2O3/c23-15-7-3-1-5-11-19-13-9-17-25-21(19)27-22-20(14-10-18-26-22)12-6-2-4-8-16-24/h19-22H,1-18H2. The predicted molar refractivity (Wildman–Crippen MR) is 120 cm³/mol. The maximum atomic E-state index is 6.45. The molecule has 0 aromatic heterocycles. The number of ether oxygens (including phenoxy) is 3. The van der Waals surface area contributed by atoms with E-state index in [1.807, 2.05) is 0 Å². The van der Waals surface area contributed by atoms with E-state index in [0.717, 1.165) is 23.9 Å². The molecule has 2 rings (SSSR count). The maximum Gasteiger partial charge on any atom is 0.163 e. The van der Waals surface area contributed by atoms with E-state index >= 15 is 0 Å². The average molecular weight is 512 g/mol. The van der Waals surface area contributed by atoms with Gasteiger partial charge in [0, 0.05) is 35.7 Å². The summed E-state index contributed by atoms with van der Waals surface area (Å²) in [4.78, 5) is 0. The van der Waals surface area contributed by atoms with E-state index in [1.165, 1.54) is 89.9 Å². The zero-order chi connectivity index (χ0) is 19.2. The summed E-state index contributed by atoms with van der Waals surface area (Å²) in [7, 11) is 0. The molecule has 160 valence electrons. The first-order valence-corrected chi connectivity index (χ1v) is 13.6. The Morgan fingerprint density at radius 1 is 0.630 bits per heavy atom. The first kappa shape index (κ1) is 24.1. The Balaban J connectivity index is 1.74. The lowest BCUT2D eigenvalue weighted by Gasteiger charge is -2.38. The van der Waals surface area contributed by atoms with E-state index in [1.54, 1.807) is 0 Å². The molecule has 0 amide bonds. The third-order valence-electron chi connectivity index (χ3n) is 5.96. The van der Waals surface area contributed by atoms with Gasteiger partial charge in [-0.2, -0.15) is 0 Å². The largest absolute Gasteiger partial charge is 0.352 e. The molecule has 2 heterocycles. The molecule has 3 nitrogen and oxygen atoms in total. The van der Waals surface area contributed by atoms with Gasteiger partial charge < -0.3 is 14.2 Å². The van der Waals surface area contributed by atoms with Crippen LogP contribution in [0.4, 0.5) is 0 Å². The van der Waals surface area contributed by atoms with Crippen LogP contribution in [-0.2, 0) is 14.2 Å². The van der Waals surface area contributed by atoms with Gasteiger partial charge in [0.15, 0.2) is 12.6 Å². The molecular weight excluding hydrogens is 472 g/mol. The van der Waals surface area contributed by atoms with Crippen molar-refractivity contribution >= 4 is 31.9 Å². The Labute approximate surface area is 183 Å². The molecule has 0 spiro atoms. The molecule has 0 aliphatic carbocycles. The summed E-state index contributed by atoms with van der Waals surface area (Å²) >= 11 is 7.05. The number of hydrogen-bond acceptors (Lipinski definition) is 3. The normalized spacial score (nSPS) is 29.1. The number of alkyl halides is 2. The lowest BCUT2D eigenvalue weighted by atomic mass is 9.92. The lowest BCUT2D eigenvalue weighted by Crippen LogP contribution is -2.41. The number of hydrogen-bond donors (Lipinski definition) is 0. The highest BCUT2D eigenvalue weighted by molar-refractivity contribution is 9.09. The van der Waals surface area contributed by atoms with Crippen LogP contribution >= 0.6 is 31.9 Å². The number of halogens is 2. The van der Waals surface area contributed by atoms with Gasteiger partial charge in [-0.1, -0.05) is 70.4 Å². The van der Waals surface area contributed by atoms with Crippen LogP contribution in [-0.4, -0.2) is 36.5 Å². The molecule has 27 heavy (non-hydrogen) atoms. The summed E-state index contributed by atoms with van der Waals surface area (Å²) in [5.41, 5.74) is 0. The molecule has 0 radical (unpaired) electrons. The number of rotatable bonds is 14. The van der Waals surface area contributed by atoms with Gasteiger partial charge in [0.1, 0.15) is 0 Å². The molecule has 2 aliphatic rings. The van der Waals surface area contributed by atoms with Gasteiger partial charge in [0.25, 0.3) is 0 Å². The van der Waals surface area contributed by atoms with Crippen molar-refractivity contribution in [2.24, 2.45) is 11.8 Å². The minimum atomic E-state index is -0.0473. The van der Waals surface area contributed by atoms with Gasteiger partial charge in [-0.3, -0.25) is 0 Å². The predicted octanol–water partition coefficient (Wildman–Crippen LogP) is 7.20. The summed E-state index contributed by atoms with van der Waals surface area (Å²) in [6.07, 6.45) is 17.7. The minimum Gasteiger partial charge on any atom is -0.352 e. The third kappa shape index (κ3) is 9.93. The average Bonchev–Trinajstić information content (AvgIpc) is 2.70. The Kier molecular flexibility index (Phi) is 14.0. The molecule has 2 aliphatic heterocycles. The van der Waals surface area contributed by atoms with Crippen molar-refractivity contribution in [1.82, 2.24) is 0 Å². The van der Waals surface area contributed by atoms with Crippen molar-refractivity contribution in [3.63, 3.8) is 0 Å². The minimum absolute atomic E-state index is 0.0473. The molecule has 2 fully saturated rings. The van der Waals surface area contributed by atoms with Crippen molar-refractivity contribution in [3.8, 4) is 0 Å². The van der Waals surface area contributed by atoms with Crippen molar-refractivity contribution in [2.45, 2.75) is 102 Å². The first-order chi connectivity index (χ1) is 13.3. The molecule has 0 bridgehead atoms. The second-order valence-electron chi connectivity index (χ2n) is 8.20. The molecule has 4 unspecified atom stereocenters. The highest BCUT2D eigenvalue weighted by Crippen LogP contribution is 2.33. The molecule has 5 heteroatoms. The van der Waals surface area contributed by atoms with Crippen LogP contribution in [0.3, 0.4) is 0 Å². The van der Waals surface area contributed by atoms with Crippen LogP contribution in [0.25, 0.3) is 0 Å². The fraction of sp³-hybridized carbons (Fsp3) is 1.00. The Bertz CT molecular complexity index is 324. The molecule has 0 saturated carbocycles. The van der Waals surface area contributed by atoms with Gasteiger partial charge >= 0.3 is 0 Å². The fourth-order valence-corrected chi connectivity index (χ4v) is 5.13. The van der Waals surface area contributed by atoms with E-state index in [-0.39, 0.29) is 12.6 Å². The van der Waals surface area contributed by atoms with Gasteiger partial charge in [-0.15, -0.1) is 0 Å². The molecular formula is C22H40Br2O3. The second-order valence-corrected chi connectivity index (χ2v) is 9.79. The van der Waals surface area contributed by atoms with Gasteiger partial charge in [0.2, 0.25) is 0 Å². The first-order valence-electron chi connectivity index (χ1n) is 11.4. The van der Waals surface area contributed by atoms with Crippen molar-refractivity contribution in [1.29, 1.82) is 0 Å². The molecule has 0 aromatic rings. The van der Waals surface area contributed by atoms with E-state index in [2.05, 4.69) is 31.9 Å². The molecule has 0 N–H and O–H groups in total. The highest BCUT2D eigenvalue weighted by atomic mass is 79.9. The highest BCUT2D eigenvalue weighted by Gasteiger charge is 2.33. The maximum absolute atomic E-state index is 6.45. The molecule has 0 aromatic carbocycles. The SMILES string of the molecule is BrCCCCCCC1CCCOC1OC1OCCCC1CCCCCCBr. The quantitative estimate of drug-likeness (QED) is 0.182. The Morgan fingerprint density at radius 2 is 1.07 bits per heavy atom. The lowest BCUT2D eigenvalue weighted by molar-refractivity contribution is -0.297. The van der Waals surface area contributed by atoms with E-state index in [9.17, 15) is 0 Å². The summed E-state index contributed by atoms with van der Waals surface area (Å²) < 4.78 is 18.6. The van der Waals surface area contributed by atoms with Crippen LogP contribution in [0, 0.1) is 11.8 Å². The third-order valence-corrected chi connectivity index (χ3v) is 7.08. The zero-order valence-corrected chi connectivity index (χ0v) is 20.2. The number of unbranched alkanes of at least 4 members (excludes halogenated alkanes) is 6. The second kappa shape index (κ2) is 15.6. The van der Waals surface area contributed by atoms with E-state index in [0.29, 0.717) is 11.8 Å². The van der Waals surface area contributed by atoms with Gasteiger partial charge in [-0.25, -0.2) is 0 Å². The Morgan fingerprint density at radius 3 is 1.52 bits per heavy atom. The van der Waals surface area contributed by atoms with E-state index in [4.69, 9.17) is 14.2 Å². The topological polar surface area (TPSA) is 27.7 Å². The fourth-order valence-electron chi connectivity index (χ4n) is 4.34. The van der Waals surface area contributed by atoms with E-state index < -0.39 is 0 Å². The van der Waals surface area contributed by atoms with Crippen molar-refractivity contribution in [3.05, 3.63) is 0 Å². The Hall–Kier alpha value is 0.840. The van der Waals surface area contributed by atoms with Crippen molar-refractivity contribution in [2.75, 3.05) is 23.9 Å². The van der Waals surface area contributed by atoms with Crippen LogP contribution in [0.5, 0.6) is 0 Å². The van der Waals surface area contributed by atoms with Crippen LogP contribution in [0.15, 0.2) is 0 Å². The van der Waals surface area contributed by atoms with Crippen molar-refractivity contribution < 1.29 is 14.2 Å². The summed E-state index contributed by atoms with van der Waals surface area (Å²) in [5, 5.41) is 2.25. The smallest absolute Gasteiger partial charge is 0.163 e. The summed E-state index contributed by atoms with van der Waals surface area (Å²) in [5.74, 6) is 1.10. The zero-order valence-electron chi connectivity index (χ0n) is 17.0.